The highest BCUT2D eigenvalue weighted by molar-refractivity contribution is 5.85. The average Bonchev–Trinajstić information content (AvgIpc) is 3.21. The maximum Gasteiger partial charge on any atom is 0.459 e. The molecule has 0 fully saturated rings. The van der Waals surface area contributed by atoms with Gasteiger partial charge in [-0.05, 0) is 29.8 Å². The van der Waals surface area contributed by atoms with Crippen LogP contribution in [0.25, 0.3) is 22.2 Å². The third-order valence-electron chi connectivity index (χ3n) is 4.82. The topological polar surface area (TPSA) is 84.1 Å². The fraction of sp³-hybridized carbons (Fsp3) is 0.190. The predicted octanol–water partition coefficient (Wildman–Crippen LogP) is 5.22. The van der Waals surface area contributed by atoms with Crippen molar-refractivity contribution < 1.29 is 36.0 Å². The summed E-state index contributed by atoms with van der Waals surface area (Å²) in [5.41, 5.74) is -0.640. The quantitative estimate of drug-likeness (QED) is 0.378. The van der Waals surface area contributed by atoms with Gasteiger partial charge in [0.2, 0.25) is 0 Å². The molecule has 2 aromatic carbocycles. The first-order valence-corrected chi connectivity index (χ1v) is 9.40. The standard InChI is InChI=1S/C21H14F6N4O2/c22-13-4-1-11(2-5-13)16(32)9-28-18-8-15(29-10-30-18)12-3-6-14-17(7-12)33-31-19(14)20(23,24)21(25,26)27/h1-8,10,16,32H,9H2,(H,28,29,30). The Morgan fingerprint density at radius 1 is 0.970 bits per heavy atom. The molecule has 0 aliphatic carbocycles. The number of halogens is 6. The van der Waals surface area contributed by atoms with Gasteiger partial charge in [0.15, 0.2) is 11.3 Å². The highest BCUT2D eigenvalue weighted by Crippen LogP contribution is 2.45. The molecule has 172 valence electrons. The number of alkyl halides is 5. The van der Waals surface area contributed by atoms with Crippen LogP contribution in [-0.4, -0.2) is 33.0 Å². The third-order valence-corrected chi connectivity index (χ3v) is 4.82. The molecule has 0 aliphatic heterocycles. The lowest BCUT2D eigenvalue weighted by molar-refractivity contribution is -0.290. The number of aliphatic hydroxyl groups is 1. The van der Waals surface area contributed by atoms with Crippen molar-refractivity contribution in [3.8, 4) is 11.3 Å². The van der Waals surface area contributed by atoms with E-state index in [4.69, 9.17) is 4.52 Å². The molecule has 0 aliphatic rings. The Kier molecular flexibility index (Phi) is 5.70. The van der Waals surface area contributed by atoms with Gasteiger partial charge in [0.05, 0.1) is 17.2 Å². The molecule has 12 heteroatoms. The average molecular weight is 468 g/mol. The summed E-state index contributed by atoms with van der Waals surface area (Å²) >= 11 is 0. The van der Waals surface area contributed by atoms with E-state index in [1.807, 2.05) is 0 Å². The summed E-state index contributed by atoms with van der Waals surface area (Å²) in [6, 6.07) is 10.4. The summed E-state index contributed by atoms with van der Waals surface area (Å²) < 4.78 is 83.1. The summed E-state index contributed by atoms with van der Waals surface area (Å²) in [6.07, 6.45) is -5.57. The zero-order chi connectivity index (χ0) is 23.8. The van der Waals surface area contributed by atoms with E-state index in [0.29, 0.717) is 22.6 Å². The maximum atomic E-state index is 13.7. The van der Waals surface area contributed by atoms with Gasteiger partial charge < -0.3 is 14.9 Å². The Morgan fingerprint density at radius 3 is 2.39 bits per heavy atom. The van der Waals surface area contributed by atoms with Crippen molar-refractivity contribution in [1.29, 1.82) is 0 Å². The Bertz CT molecular complexity index is 1270. The molecule has 0 bridgehead atoms. The van der Waals surface area contributed by atoms with Gasteiger partial charge in [0.25, 0.3) is 0 Å². The minimum absolute atomic E-state index is 0.0408. The summed E-state index contributed by atoms with van der Waals surface area (Å²) in [6.45, 7) is 0.0408. The molecule has 33 heavy (non-hydrogen) atoms. The van der Waals surface area contributed by atoms with E-state index < -0.39 is 35.1 Å². The van der Waals surface area contributed by atoms with Crippen molar-refractivity contribution in [2.75, 3.05) is 11.9 Å². The third kappa shape index (κ3) is 4.46. The summed E-state index contributed by atoms with van der Waals surface area (Å²) in [4.78, 5) is 8.08. The lowest BCUT2D eigenvalue weighted by Gasteiger charge is -2.16. The van der Waals surface area contributed by atoms with Crippen LogP contribution in [0.5, 0.6) is 0 Å². The molecule has 1 atom stereocenters. The van der Waals surface area contributed by atoms with Crippen LogP contribution in [0.15, 0.2) is 59.4 Å². The van der Waals surface area contributed by atoms with E-state index in [1.165, 1.54) is 48.8 Å². The van der Waals surface area contributed by atoms with Crippen LogP contribution in [0.1, 0.15) is 17.4 Å². The van der Waals surface area contributed by atoms with Gasteiger partial charge in [-0.25, -0.2) is 14.4 Å². The Hall–Kier alpha value is -3.67. The van der Waals surface area contributed by atoms with Crippen LogP contribution in [-0.2, 0) is 5.92 Å². The smallest absolute Gasteiger partial charge is 0.387 e. The maximum absolute atomic E-state index is 13.7. The van der Waals surface area contributed by atoms with E-state index in [9.17, 15) is 31.4 Å². The van der Waals surface area contributed by atoms with Crippen LogP contribution in [0.4, 0.5) is 32.2 Å². The van der Waals surface area contributed by atoms with Crippen LogP contribution in [0.3, 0.4) is 0 Å². The molecule has 2 N–H and O–H groups in total. The minimum atomic E-state index is -5.82. The molecule has 2 aromatic heterocycles. The van der Waals surface area contributed by atoms with Gasteiger partial charge in [-0.3, -0.25) is 0 Å². The number of rotatable bonds is 6. The summed E-state index contributed by atoms with van der Waals surface area (Å²) in [5, 5.41) is 15.6. The molecule has 1 unspecified atom stereocenters. The van der Waals surface area contributed by atoms with Gasteiger partial charge in [-0.2, -0.15) is 22.0 Å². The number of fused-ring (bicyclic) bond motifs is 1. The second kappa shape index (κ2) is 8.35. The van der Waals surface area contributed by atoms with Gasteiger partial charge in [-0.15, -0.1) is 0 Å². The fourth-order valence-corrected chi connectivity index (χ4v) is 3.07. The van der Waals surface area contributed by atoms with Crippen molar-refractivity contribution >= 4 is 16.8 Å². The number of nitrogens with zero attached hydrogens (tertiary/aromatic N) is 3. The molecule has 2 heterocycles. The van der Waals surface area contributed by atoms with Gasteiger partial charge in [0, 0.05) is 18.2 Å². The van der Waals surface area contributed by atoms with Gasteiger partial charge in [0.1, 0.15) is 18.0 Å². The Morgan fingerprint density at radius 2 is 1.70 bits per heavy atom. The number of benzene rings is 2. The fourth-order valence-electron chi connectivity index (χ4n) is 3.07. The van der Waals surface area contributed by atoms with Crippen LogP contribution < -0.4 is 5.32 Å². The zero-order valence-corrected chi connectivity index (χ0v) is 16.4. The molecular weight excluding hydrogens is 454 g/mol. The van der Waals surface area contributed by atoms with E-state index >= 15 is 0 Å². The number of hydrogen-bond donors (Lipinski definition) is 2. The first kappa shape index (κ1) is 22.5. The van der Waals surface area contributed by atoms with Gasteiger partial charge >= 0.3 is 12.1 Å². The number of hydrogen-bond acceptors (Lipinski definition) is 6. The molecular formula is C21H14F6N4O2. The molecule has 0 radical (unpaired) electrons. The van der Waals surface area contributed by atoms with Crippen molar-refractivity contribution in [3.05, 3.63) is 71.9 Å². The number of aromatic nitrogens is 3. The monoisotopic (exact) mass is 468 g/mol. The first-order valence-electron chi connectivity index (χ1n) is 9.40. The SMILES string of the molecule is OC(CNc1cc(-c2ccc3c(C(F)(F)C(F)(F)F)noc3c2)ncn1)c1ccc(F)cc1. The highest BCUT2D eigenvalue weighted by atomic mass is 19.4. The second-order valence-electron chi connectivity index (χ2n) is 7.05. The largest absolute Gasteiger partial charge is 0.459 e. The van der Waals surface area contributed by atoms with Crippen molar-refractivity contribution in [3.63, 3.8) is 0 Å². The van der Waals surface area contributed by atoms with E-state index in [1.54, 1.807) is 0 Å². The molecule has 6 nitrogen and oxygen atoms in total. The molecule has 0 spiro atoms. The van der Waals surface area contributed by atoms with Crippen LogP contribution in [0.2, 0.25) is 0 Å². The molecule has 0 saturated carbocycles. The Labute approximate surface area is 181 Å². The van der Waals surface area contributed by atoms with Crippen LogP contribution in [0, 0.1) is 5.82 Å². The minimum Gasteiger partial charge on any atom is -0.387 e. The van der Waals surface area contributed by atoms with Gasteiger partial charge in [-0.1, -0.05) is 23.4 Å². The normalized spacial score (nSPS) is 13.3. The molecule has 4 aromatic rings. The second-order valence-corrected chi connectivity index (χ2v) is 7.05. The van der Waals surface area contributed by atoms with Crippen molar-refractivity contribution in [2.45, 2.75) is 18.2 Å². The predicted molar refractivity (Wildman–Crippen MR) is 105 cm³/mol. The van der Waals surface area contributed by atoms with E-state index in [0.717, 1.165) is 6.07 Å². The highest BCUT2D eigenvalue weighted by Gasteiger charge is 2.61. The molecule has 0 saturated heterocycles. The van der Waals surface area contributed by atoms with Crippen molar-refractivity contribution in [1.82, 2.24) is 15.1 Å². The van der Waals surface area contributed by atoms with Crippen molar-refractivity contribution in [2.24, 2.45) is 0 Å². The first-order chi connectivity index (χ1) is 15.6. The van der Waals surface area contributed by atoms with E-state index in [2.05, 4.69) is 20.4 Å². The number of anilines is 1. The van der Waals surface area contributed by atoms with Crippen LogP contribution >= 0.6 is 0 Å². The molecule has 4 rings (SSSR count). The molecule has 0 amide bonds. The number of aliphatic hydroxyl groups excluding tert-OH is 1. The zero-order valence-electron chi connectivity index (χ0n) is 16.4. The lowest BCUT2D eigenvalue weighted by atomic mass is 10.1. The number of nitrogens with one attached hydrogen (secondary N) is 1. The lowest BCUT2D eigenvalue weighted by Crippen LogP contribution is -2.34. The Balaban J connectivity index is 1.54. The summed E-state index contributed by atoms with van der Waals surface area (Å²) in [5.74, 6) is -5.29. The summed E-state index contributed by atoms with van der Waals surface area (Å²) in [7, 11) is 0. The van der Waals surface area contributed by atoms with E-state index in [-0.39, 0.29) is 12.1 Å².